The fourth-order valence-corrected chi connectivity index (χ4v) is 3.02. The molecule has 1 aliphatic rings. The van der Waals surface area contributed by atoms with Crippen LogP contribution in [0.5, 0.6) is 0 Å². The number of piperazine rings is 1. The summed E-state index contributed by atoms with van der Waals surface area (Å²) in [7, 11) is 1.30. The molecular formula is C18H20F3N3O3. The Morgan fingerprint density at radius 2 is 1.96 bits per heavy atom. The van der Waals surface area contributed by atoms with Gasteiger partial charge in [0.15, 0.2) is 0 Å². The Labute approximate surface area is 154 Å². The molecule has 1 aliphatic heterocycles. The molecule has 3 heterocycles. The number of esters is 1. The molecular weight excluding hydrogens is 363 g/mol. The number of halogens is 3. The summed E-state index contributed by atoms with van der Waals surface area (Å²) in [6, 6.07) is 4.27. The van der Waals surface area contributed by atoms with E-state index in [-0.39, 0.29) is 5.76 Å². The minimum absolute atomic E-state index is 0.208. The van der Waals surface area contributed by atoms with Crippen LogP contribution in [0.15, 0.2) is 28.8 Å². The van der Waals surface area contributed by atoms with Crippen molar-refractivity contribution in [3.63, 3.8) is 0 Å². The van der Waals surface area contributed by atoms with E-state index in [1.807, 2.05) is 11.0 Å². The van der Waals surface area contributed by atoms with Crippen molar-refractivity contribution in [2.75, 3.05) is 38.2 Å². The standard InChI is InChI=1S/C18H20F3N3O3/c1-12-9-14(27-16(12)17(25)26-2)11-23-5-7-24(8-6-23)15-4-3-13(10-22-15)18(19,20)21/h3-4,9-10H,5-8,11H2,1-2H3. The summed E-state index contributed by atoms with van der Waals surface area (Å²) in [4.78, 5) is 19.7. The highest BCUT2D eigenvalue weighted by Gasteiger charge is 2.31. The van der Waals surface area contributed by atoms with Crippen LogP contribution in [-0.2, 0) is 17.5 Å². The number of rotatable bonds is 4. The summed E-state index contributed by atoms with van der Waals surface area (Å²) < 4.78 is 48.1. The molecule has 0 bridgehead atoms. The molecule has 27 heavy (non-hydrogen) atoms. The Hall–Kier alpha value is -2.55. The zero-order valence-electron chi connectivity index (χ0n) is 15.0. The first-order valence-electron chi connectivity index (χ1n) is 8.46. The summed E-state index contributed by atoms with van der Waals surface area (Å²) in [5.74, 6) is 0.913. The number of methoxy groups -OCH3 is 1. The third-order valence-corrected chi connectivity index (χ3v) is 4.49. The van der Waals surface area contributed by atoms with Gasteiger partial charge in [0.25, 0.3) is 0 Å². The van der Waals surface area contributed by atoms with Gasteiger partial charge in [-0.05, 0) is 25.1 Å². The predicted octanol–water partition coefficient (Wildman–Crippen LogP) is 3.11. The van der Waals surface area contributed by atoms with E-state index in [0.717, 1.165) is 17.8 Å². The zero-order chi connectivity index (χ0) is 19.6. The first kappa shape index (κ1) is 19.2. The van der Waals surface area contributed by atoms with Crippen molar-refractivity contribution in [3.05, 3.63) is 47.0 Å². The number of hydrogen-bond donors (Lipinski definition) is 0. The van der Waals surface area contributed by atoms with Crippen molar-refractivity contribution in [2.24, 2.45) is 0 Å². The third-order valence-electron chi connectivity index (χ3n) is 4.49. The molecule has 6 nitrogen and oxygen atoms in total. The maximum atomic E-state index is 12.6. The lowest BCUT2D eigenvalue weighted by Crippen LogP contribution is -2.46. The number of furan rings is 1. The molecule has 0 radical (unpaired) electrons. The quantitative estimate of drug-likeness (QED) is 0.757. The molecule has 0 amide bonds. The van der Waals surface area contributed by atoms with Gasteiger partial charge in [-0.1, -0.05) is 0 Å². The van der Waals surface area contributed by atoms with E-state index in [1.54, 1.807) is 6.92 Å². The van der Waals surface area contributed by atoms with E-state index in [9.17, 15) is 18.0 Å². The topological polar surface area (TPSA) is 58.8 Å². The number of aryl methyl sites for hydroxylation is 1. The van der Waals surface area contributed by atoms with E-state index in [4.69, 9.17) is 4.42 Å². The molecule has 9 heteroatoms. The van der Waals surface area contributed by atoms with Gasteiger partial charge in [-0.3, -0.25) is 4.90 Å². The summed E-state index contributed by atoms with van der Waals surface area (Å²) in [6.45, 7) is 5.02. The van der Waals surface area contributed by atoms with Crippen molar-refractivity contribution >= 4 is 11.8 Å². The maximum absolute atomic E-state index is 12.6. The highest BCUT2D eigenvalue weighted by Crippen LogP contribution is 2.29. The van der Waals surface area contributed by atoms with Gasteiger partial charge >= 0.3 is 12.1 Å². The van der Waals surface area contributed by atoms with Crippen LogP contribution in [0.4, 0.5) is 19.0 Å². The minimum Gasteiger partial charge on any atom is -0.463 e. The minimum atomic E-state index is -4.38. The molecule has 0 unspecified atom stereocenters. The number of anilines is 1. The first-order valence-corrected chi connectivity index (χ1v) is 8.46. The van der Waals surface area contributed by atoms with Gasteiger partial charge < -0.3 is 14.1 Å². The van der Waals surface area contributed by atoms with E-state index < -0.39 is 17.7 Å². The summed E-state index contributed by atoms with van der Waals surface area (Å²) >= 11 is 0. The normalized spacial score (nSPS) is 15.8. The van der Waals surface area contributed by atoms with Crippen LogP contribution in [0.3, 0.4) is 0 Å². The molecule has 0 spiro atoms. The van der Waals surface area contributed by atoms with Crippen molar-refractivity contribution < 1.29 is 27.1 Å². The lowest BCUT2D eigenvalue weighted by Gasteiger charge is -2.35. The Balaban J connectivity index is 1.57. The predicted molar refractivity (Wildman–Crippen MR) is 91.5 cm³/mol. The second-order valence-electron chi connectivity index (χ2n) is 6.38. The number of alkyl halides is 3. The summed E-state index contributed by atoms with van der Waals surface area (Å²) in [5, 5.41) is 0. The number of aromatic nitrogens is 1. The molecule has 0 atom stereocenters. The molecule has 0 saturated carbocycles. The number of hydrogen-bond acceptors (Lipinski definition) is 6. The van der Waals surface area contributed by atoms with Crippen LogP contribution < -0.4 is 4.90 Å². The molecule has 0 aromatic carbocycles. The van der Waals surface area contributed by atoms with Crippen LogP contribution in [0.25, 0.3) is 0 Å². The second-order valence-corrected chi connectivity index (χ2v) is 6.38. The molecule has 3 rings (SSSR count). The average Bonchev–Trinajstić information content (AvgIpc) is 3.01. The number of ether oxygens (including phenoxy) is 1. The van der Waals surface area contributed by atoms with Crippen LogP contribution in [0.1, 0.15) is 27.4 Å². The lowest BCUT2D eigenvalue weighted by atomic mass is 10.2. The van der Waals surface area contributed by atoms with Gasteiger partial charge in [0.1, 0.15) is 11.6 Å². The van der Waals surface area contributed by atoms with E-state index in [2.05, 4.69) is 14.6 Å². The first-order chi connectivity index (χ1) is 12.8. The molecule has 0 aliphatic carbocycles. The fraction of sp³-hybridized carbons (Fsp3) is 0.444. The van der Waals surface area contributed by atoms with Gasteiger partial charge in [-0.2, -0.15) is 13.2 Å². The van der Waals surface area contributed by atoms with Crippen LogP contribution in [0.2, 0.25) is 0 Å². The second kappa shape index (κ2) is 7.59. The zero-order valence-corrected chi connectivity index (χ0v) is 15.0. The maximum Gasteiger partial charge on any atom is 0.417 e. The number of carbonyl (C=O) groups excluding carboxylic acids is 1. The van der Waals surface area contributed by atoms with Crippen molar-refractivity contribution in [1.82, 2.24) is 9.88 Å². The van der Waals surface area contributed by atoms with Gasteiger partial charge in [0.05, 0.1) is 19.2 Å². The number of pyridine rings is 1. The van der Waals surface area contributed by atoms with Crippen LogP contribution >= 0.6 is 0 Å². The Bertz CT molecular complexity index is 794. The highest BCUT2D eigenvalue weighted by atomic mass is 19.4. The lowest BCUT2D eigenvalue weighted by molar-refractivity contribution is -0.137. The third kappa shape index (κ3) is 4.41. The molecule has 2 aromatic rings. The summed E-state index contributed by atoms with van der Waals surface area (Å²) in [6.07, 6.45) is -3.52. The fourth-order valence-electron chi connectivity index (χ4n) is 3.02. The van der Waals surface area contributed by atoms with Gasteiger partial charge in [-0.25, -0.2) is 9.78 Å². The molecule has 1 fully saturated rings. The van der Waals surface area contributed by atoms with Crippen molar-refractivity contribution in [3.8, 4) is 0 Å². The summed E-state index contributed by atoms with van der Waals surface area (Å²) in [5.41, 5.74) is -0.0241. The highest BCUT2D eigenvalue weighted by molar-refractivity contribution is 5.87. The molecule has 2 aromatic heterocycles. The van der Waals surface area contributed by atoms with Gasteiger partial charge in [0.2, 0.25) is 5.76 Å². The number of carbonyl (C=O) groups is 1. The smallest absolute Gasteiger partial charge is 0.417 e. The largest absolute Gasteiger partial charge is 0.463 e. The van der Waals surface area contributed by atoms with Crippen LogP contribution in [0, 0.1) is 6.92 Å². The van der Waals surface area contributed by atoms with Gasteiger partial charge in [-0.15, -0.1) is 0 Å². The number of nitrogens with zero attached hydrogens (tertiary/aromatic N) is 3. The van der Waals surface area contributed by atoms with Crippen molar-refractivity contribution in [2.45, 2.75) is 19.6 Å². The van der Waals surface area contributed by atoms with E-state index in [1.165, 1.54) is 13.2 Å². The average molecular weight is 383 g/mol. The monoisotopic (exact) mass is 383 g/mol. The Morgan fingerprint density at radius 3 is 2.52 bits per heavy atom. The van der Waals surface area contributed by atoms with E-state index >= 15 is 0 Å². The SMILES string of the molecule is COC(=O)c1oc(CN2CCN(c3ccc(C(F)(F)F)cn3)CC2)cc1C. The van der Waals surface area contributed by atoms with E-state index in [0.29, 0.717) is 44.3 Å². The van der Waals surface area contributed by atoms with Crippen molar-refractivity contribution in [1.29, 1.82) is 0 Å². The van der Waals surface area contributed by atoms with Gasteiger partial charge in [0, 0.05) is 37.9 Å². The molecule has 0 N–H and O–H groups in total. The molecule has 1 saturated heterocycles. The Kier molecular flexibility index (Phi) is 5.41. The Morgan fingerprint density at radius 1 is 1.26 bits per heavy atom. The molecule has 146 valence electrons. The van der Waals surface area contributed by atoms with Crippen LogP contribution in [-0.4, -0.2) is 49.1 Å².